The third-order valence-corrected chi connectivity index (χ3v) is 2.96. The maximum Gasteiger partial charge on any atom is 0.193 e. The van der Waals surface area contributed by atoms with E-state index < -0.39 is 0 Å². The molecule has 0 aliphatic rings. The lowest BCUT2D eigenvalue weighted by Crippen LogP contribution is -2.10. The molecule has 2 aromatic rings. The summed E-state index contributed by atoms with van der Waals surface area (Å²) >= 11 is 0. The molecule has 0 saturated carbocycles. The number of hydrogen-bond acceptors (Lipinski definition) is 1. The highest BCUT2D eigenvalue weighted by Gasteiger charge is 2.13. The maximum atomic E-state index is 12.4. The summed E-state index contributed by atoms with van der Waals surface area (Å²) in [7, 11) is 0. The average Bonchev–Trinajstić information content (AvgIpc) is 2.37. The fraction of sp³-hybridized carbons (Fsp3) is 0.278. The van der Waals surface area contributed by atoms with Crippen LogP contribution in [0.4, 0.5) is 0 Å². The van der Waals surface area contributed by atoms with Crippen molar-refractivity contribution in [3.63, 3.8) is 0 Å². The summed E-state index contributed by atoms with van der Waals surface area (Å²) in [6, 6.07) is 17.4. The number of benzene rings is 2. The van der Waals surface area contributed by atoms with Crippen molar-refractivity contribution in [2.24, 2.45) is 5.41 Å². The largest absolute Gasteiger partial charge is 0.289 e. The first-order chi connectivity index (χ1) is 8.96. The lowest BCUT2D eigenvalue weighted by Gasteiger charge is -2.18. The Labute approximate surface area is 115 Å². The molecule has 98 valence electrons. The Morgan fingerprint density at radius 1 is 0.895 bits per heavy atom. The van der Waals surface area contributed by atoms with E-state index in [1.54, 1.807) is 0 Å². The van der Waals surface area contributed by atoms with Gasteiger partial charge in [0.1, 0.15) is 0 Å². The number of carbonyl (C=O) groups excluding carboxylic acids is 1. The van der Waals surface area contributed by atoms with Gasteiger partial charge in [-0.25, -0.2) is 0 Å². The normalized spacial score (nSPS) is 11.3. The zero-order valence-corrected chi connectivity index (χ0v) is 11.8. The van der Waals surface area contributed by atoms with E-state index in [2.05, 4.69) is 26.8 Å². The minimum absolute atomic E-state index is 0.0939. The average molecular weight is 252 g/mol. The second-order valence-electron chi connectivity index (χ2n) is 6.13. The van der Waals surface area contributed by atoms with E-state index in [1.807, 2.05) is 48.5 Å². The number of rotatable bonds is 3. The summed E-state index contributed by atoms with van der Waals surface area (Å²) in [5.74, 6) is 0.0939. The van der Waals surface area contributed by atoms with Crippen molar-refractivity contribution in [3.05, 3.63) is 71.3 Å². The highest BCUT2D eigenvalue weighted by molar-refractivity contribution is 6.09. The molecule has 0 amide bonds. The lowest BCUT2D eigenvalue weighted by atomic mass is 9.87. The van der Waals surface area contributed by atoms with Gasteiger partial charge in [0.25, 0.3) is 0 Å². The quantitative estimate of drug-likeness (QED) is 0.735. The van der Waals surface area contributed by atoms with Crippen LogP contribution in [0.2, 0.25) is 0 Å². The number of ketones is 1. The van der Waals surface area contributed by atoms with Crippen LogP contribution >= 0.6 is 0 Å². The molecule has 0 atom stereocenters. The molecule has 0 unspecified atom stereocenters. The van der Waals surface area contributed by atoms with Crippen LogP contribution < -0.4 is 0 Å². The summed E-state index contributed by atoms with van der Waals surface area (Å²) in [6.45, 7) is 6.62. The van der Waals surface area contributed by atoms with E-state index in [-0.39, 0.29) is 11.2 Å². The molecule has 0 aliphatic carbocycles. The Hall–Kier alpha value is -1.89. The molecule has 0 bridgehead atoms. The summed E-state index contributed by atoms with van der Waals surface area (Å²) in [4.78, 5) is 12.4. The van der Waals surface area contributed by atoms with Crippen LogP contribution in [0.5, 0.6) is 0 Å². The lowest BCUT2D eigenvalue weighted by molar-refractivity contribution is 0.103. The summed E-state index contributed by atoms with van der Waals surface area (Å²) < 4.78 is 0. The molecule has 19 heavy (non-hydrogen) atoms. The Bertz CT molecular complexity index is 562. The Morgan fingerprint density at radius 3 is 2.16 bits per heavy atom. The Balaban J connectivity index is 2.27. The van der Waals surface area contributed by atoms with Gasteiger partial charge < -0.3 is 0 Å². The number of carbonyl (C=O) groups is 1. The fourth-order valence-corrected chi connectivity index (χ4v) is 2.19. The van der Waals surface area contributed by atoms with Gasteiger partial charge in [-0.15, -0.1) is 0 Å². The van der Waals surface area contributed by atoms with Crippen molar-refractivity contribution < 1.29 is 4.79 Å². The highest BCUT2D eigenvalue weighted by atomic mass is 16.1. The van der Waals surface area contributed by atoms with Crippen molar-refractivity contribution in [3.8, 4) is 0 Å². The van der Waals surface area contributed by atoms with Crippen LogP contribution in [0.25, 0.3) is 0 Å². The molecule has 2 aromatic carbocycles. The predicted octanol–water partition coefficient (Wildman–Crippen LogP) is 4.51. The summed E-state index contributed by atoms with van der Waals surface area (Å²) in [6.07, 6.45) is 0.975. The van der Waals surface area contributed by atoms with E-state index in [4.69, 9.17) is 0 Å². The second-order valence-corrected chi connectivity index (χ2v) is 6.13. The van der Waals surface area contributed by atoms with Crippen molar-refractivity contribution in [1.29, 1.82) is 0 Å². The van der Waals surface area contributed by atoms with Gasteiger partial charge in [-0.3, -0.25) is 4.79 Å². The van der Waals surface area contributed by atoms with Gasteiger partial charge in [-0.1, -0.05) is 69.3 Å². The monoisotopic (exact) mass is 252 g/mol. The zero-order valence-electron chi connectivity index (χ0n) is 11.8. The third-order valence-electron chi connectivity index (χ3n) is 2.96. The van der Waals surface area contributed by atoms with Gasteiger partial charge >= 0.3 is 0 Å². The molecule has 0 saturated heterocycles. The molecule has 1 heteroatoms. The minimum atomic E-state index is 0.0939. The van der Waals surface area contributed by atoms with Crippen molar-refractivity contribution in [2.45, 2.75) is 27.2 Å². The molecule has 0 aromatic heterocycles. The summed E-state index contributed by atoms with van der Waals surface area (Å²) in [5, 5.41) is 0. The predicted molar refractivity (Wildman–Crippen MR) is 79.5 cm³/mol. The fourth-order valence-electron chi connectivity index (χ4n) is 2.19. The molecular weight excluding hydrogens is 232 g/mol. The smallest absolute Gasteiger partial charge is 0.193 e. The van der Waals surface area contributed by atoms with E-state index >= 15 is 0 Å². The van der Waals surface area contributed by atoms with Crippen LogP contribution in [0, 0.1) is 5.41 Å². The van der Waals surface area contributed by atoms with Crippen LogP contribution in [-0.4, -0.2) is 5.78 Å². The van der Waals surface area contributed by atoms with Crippen LogP contribution in [0.1, 0.15) is 42.3 Å². The molecule has 0 fully saturated rings. The van der Waals surface area contributed by atoms with Crippen molar-refractivity contribution >= 4 is 5.78 Å². The van der Waals surface area contributed by atoms with E-state index in [0.717, 1.165) is 17.5 Å². The van der Waals surface area contributed by atoms with Crippen molar-refractivity contribution in [1.82, 2.24) is 0 Å². The number of hydrogen-bond donors (Lipinski definition) is 0. The maximum absolute atomic E-state index is 12.4. The van der Waals surface area contributed by atoms with Gasteiger partial charge in [-0.05, 0) is 23.5 Å². The van der Waals surface area contributed by atoms with Gasteiger partial charge in [0.05, 0.1) is 0 Å². The molecule has 0 spiro atoms. The highest BCUT2D eigenvalue weighted by Crippen LogP contribution is 2.21. The molecular formula is C18H20O. The Kier molecular flexibility index (Phi) is 3.84. The molecule has 0 heterocycles. The second kappa shape index (κ2) is 5.40. The van der Waals surface area contributed by atoms with Gasteiger partial charge in [0.2, 0.25) is 0 Å². The molecule has 2 rings (SSSR count). The topological polar surface area (TPSA) is 17.1 Å². The first-order valence-corrected chi connectivity index (χ1v) is 6.64. The van der Waals surface area contributed by atoms with Crippen LogP contribution in [-0.2, 0) is 6.42 Å². The van der Waals surface area contributed by atoms with Gasteiger partial charge in [0, 0.05) is 11.1 Å². The van der Waals surface area contributed by atoms with Crippen molar-refractivity contribution in [2.75, 3.05) is 0 Å². The molecule has 1 nitrogen and oxygen atoms in total. The molecule has 0 aliphatic heterocycles. The zero-order chi connectivity index (χ0) is 13.9. The van der Waals surface area contributed by atoms with Gasteiger partial charge in [-0.2, -0.15) is 0 Å². The SMILES string of the molecule is CC(C)(C)Cc1cccc(C(=O)c2ccccc2)c1. The van der Waals surface area contributed by atoms with Crippen LogP contribution in [0.3, 0.4) is 0 Å². The molecule has 0 N–H and O–H groups in total. The van der Waals surface area contributed by atoms with Gasteiger partial charge in [0.15, 0.2) is 5.78 Å². The van der Waals surface area contributed by atoms with E-state index in [9.17, 15) is 4.79 Å². The first kappa shape index (κ1) is 13.5. The first-order valence-electron chi connectivity index (χ1n) is 6.64. The molecule has 0 radical (unpaired) electrons. The third kappa shape index (κ3) is 3.78. The van der Waals surface area contributed by atoms with E-state index in [1.165, 1.54) is 5.56 Å². The summed E-state index contributed by atoms with van der Waals surface area (Å²) in [5.41, 5.74) is 2.96. The Morgan fingerprint density at radius 2 is 1.53 bits per heavy atom. The van der Waals surface area contributed by atoms with Crippen LogP contribution in [0.15, 0.2) is 54.6 Å². The minimum Gasteiger partial charge on any atom is -0.289 e. The standard InChI is InChI=1S/C18H20O/c1-18(2,3)13-14-8-7-11-16(12-14)17(19)15-9-5-4-6-10-15/h4-12H,13H2,1-3H3. The van der Waals surface area contributed by atoms with E-state index in [0.29, 0.717) is 0 Å².